The van der Waals surface area contributed by atoms with Gasteiger partial charge >= 0.3 is 0 Å². The zero-order chi connectivity index (χ0) is 27.4. The van der Waals surface area contributed by atoms with Gasteiger partial charge in [0, 0.05) is 68.9 Å². The summed E-state index contributed by atoms with van der Waals surface area (Å²) in [6.07, 6.45) is 10.5. The van der Waals surface area contributed by atoms with Crippen molar-refractivity contribution in [2.45, 2.75) is 44.6 Å². The molecule has 1 amide bonds. The van der Waals surface area contributed by atoms with Gasteiger partial charge in [0.2, 0.25) is 5.91 Å². The molecule has 2 aliphatic carbocycles. The van der Waals surface area contributed by atoms with Crippen LogP contribution in [0, 0.1) is 5.92 Å². The van der Waals surface area contributed by atoms with Crippen LogP contribution in [-0.4, -0.2) is 67.3 Å². The molecule has 0 bridgehead atoms. The molecule has 1 saturated heterocycles. The average Bonchev–Trinajstić information content (AvgIpc) is 3.32. The number of amides is 1. The molecule has 204 valence electrons. The third-order valence-electron chi connectivity index (χ3n) is 9.08. The molecule has 3 aromatic heterocycles. The number of rotatable bonds is 4. The van der Waals surface area contributed by atoms with Crippen LogP contribution in [0.2, 0.25) is 0 Å². The minimum Gasteiger partial charge on any atom is -0.382 e. The van der Waals surface area contributed by atoms with Crippen LogP contribution >= 0.6 is 0 Å². The van der Waals surface area contributed by atoms with Gasteiger partial charge in [-0.1, -0.05) is 49.4 Å². The Balaban J connectivity index is 1.20. The molecule has 1 aliphatic heterocycles. The van der Waals surface area contributed by atoms with Gasteiger partial charge in [0.25, 0.3) is 0 Å². The lowest BCUT2D eigenvalue weighted by Crippen LogP contribution is -2.54. The molecule has 0 radical (unpaired) electrons. The zero-order valence-corrected chi connectivity index (χ0v) is 23.1. The monoisotopic (exact) mass is 533 g/mol. The van der Waals surface area contributed by atoms with E-state index in [0.29, 0.717) is 17.8 Å². The Morgan fingerprint density at radius 3 is 2.50 bits per heavy atom. The van der Waals surface area contributed by atoms with E-state index >= 15 is 0 Å². The Kier molecular flexibility index (Phi) is 6.15. The number of carbonyl (C=O) groups excluding carboxylic acids is 1. The van der Waals surface area contributed by atoms with Crippen LogP contribution in [0.25, 0.3) is 28.9 Å². The first-order chi connectivity index (χ1) is 19.5. The third-order valence-corrected chi connectivity index (χ3v) is 9.08. The van der Waals surface area contributed by atoms with Crippen molar-refractivity contribution in [3.8, 4) is 11.3 Å². The summed E-state index contributed by atoms with van der Waals surface area (Å²) in [6.45, 7) is 7.44. The first-order valence-corrected chi connectivity index (χ1v) is 14.3. The summed E-state index contributed by atoms with van der Waals surface area (Å²) in [5.74, 6) is 2.44. The van der Waals surface area contributed by atoms with Crippen LogP contribution in [0.3, 0.4) is 0 Å². The maximum absolute atomic E-state index is 11.7. The molecule has 7 rings (SSSR count). The van der Waals surface area contributed by atoms with Crippen LogP contribution in [0.1, 0.15) is 50.0 Å². The van der Waals surface area contributed by atoms with Crippen molar-refractivity contribution in [2.24, 2.45) is 5.92 Å². The number of nitrogen functional groups attached to an aromatic ring is 1. The number of nitrogens with zero attached hydrogens (tertiary/aromatic N) is 6. The molecule has 2 unspecified atom stereocenters. The highest BCUT2D eigenvalue weighted by atomic mass is 16.2. The van der Waals surface area contributed by atoms with Gasteiger partial charge in [-0.2, -0.15) is 0 Å². The lowest BCUT2D eigenvalue weighted by Gasteiger charge is -2.46. The molecule has 0 spiro atoms. The highest BCUT2D eigenvalue weighted by Gasteiger charge is 2.39. The van der Waals surface area contributed by atoms with E-state index in [1.807, 2.05) is 29.3 Å². The Bertz CT molecular complexity index is 1700. The molecule has 2 N–H and O–H groups in total. The maximum Gasteiger partial charge on any atom is 0.219 e. The number of hydrogen-bond donors (Lipinski definition) is 1. The topological polar surface area (TPSA) is 92.7 Å². The van der Waals surface area contributed by atoms with E-state index in [1.54, 1.807) is 13.1 Å². The molecule has 8 heteroatoms. The fourth-order valence-electron chi connectivity index (χ4n) is 6.70. The fourth-order valence-corrected chi connectivity index (χ4v) is 6.70. The Hall–Kier alpha value is -4.04. The SMILES string of the molecule is CC(=O)N1CCN([C@H]2C[C@@H](c3nc(C4C=c5nc(-c6ccccc6)ccc5=CC4C)c4c(N)nccn43)C2)CC1. The number of piperazine rings is 1. The molecule has 3 aliphatic rings. The lowest BCUT2D eigenvalue weighted by atomic mass is 9.78. The quantitative estimate of drug-likeness (QED) is 0.434. The molecule has 4 aromatic rings. The van der Waals surface area contributed by atoms with Crippen LogP contribution in [0.15, 0.2) is 54.9 Å². The van der Waals surface area contributed by atoms with E-state index in [-0.39, 0.29) is 17.7 Å². The van der Waals surface area contributed by atoms with Crippen molar-refractivity contribution in [3.05, 3.63) is 76.9 Å². The Labute approximate surface area is 233 Å². The van der Waals surface area contributed by atoms with Crippen molar-refractivity contribution >= 4 is 29.4 Å². The number of pyridine rings is 1. The van der Waals surface area contributed by atoms with Gasteiger partial charge in [-0.15, -0.1) is 0 Å². The highest BCUT2D eigenvalue weighted by molar-refractivity contribution is 5.74. The molecule has 40 heavy (non-hydrogen) atoms. The first kappa shape index (κ1) is 25.0. The second kappa shape index (κ2) is 9.86. The van der Waals surface area contributed by atoms with E-state index in [0.717, 1.165) is 77.9 Å². The van der Waals surface area contributed by atoms with Gasteiger partial charge in [0.05, 0.1) is 16.7 Å². The van der Waals surface area contributed by atoms with Crippen LogP contribution < -0.4 is 16.3 Å². The summed E-state index contributed by atoms with van der Waals surface area (Å²) in [7, 11) is 0. The van der Waals surface area contributed by atoms with E-state index < -0.39 is 0 Å². The predicted octanol–water partition coefficient (Wildman–Crippen LogP) is 2.78. The Morgan fingerprint density at radius 2 is 1.75 bits per heavy atom. The molecule has 2 atom stereocenters. The van der Waals surface area contributed by atoms with Gasteiger partial charge in [0.1, 0.15) is 17.2 Å². The van der Waals surface area contributed by atoms with Crippen molar-refractivity contribution in [1.82, 2.24) is 29.2 Å². The molecule has 4 heterocycles. The van der Waals surface area contributed by atoms with Gasteiger partial charge < -0.3 is 10.6 Å². The number of fused-ring (bicyclic) bond motifs is 2. The molecule has 8 nitrogen and oxygen atoms in total. The predicted molar refractivity (Wildman–Crippen MR) is 157 cm³/mol. The number of benzene rings is 1. The number of carbonyl (C=O) groups is 1. The summed E-state index contributed by atoms with van der Waals surface area (Å²) >= 11 is 0. The molecule has 1 aromatic carbocycles. The minimum absolute atomic E-state index is 0.0526. The van der Waals surface area contributed by atoms with E-state index in [2.05, 4.69) is 57.6 Å². The van der Waals surface area contributed by atoms with Gasteiger partial charge in [-0.3, -0.25) is 14.1 Å². The molecule has 2 fully saturated rings. The Morgan fingerprint density at radius 1 is 0.975 bits per heavy atom. The van der Waals surface area contributed by atoms with Crippen LogP contribution in [-0.2, 0) is 4.79 Å². The second-order valence-electron chi connectivity index (χ2n) is 11.5. The summed E-state index contributed by atoms with van der Waals surface area (Å²) < 4.78 is 2.18. The van der Waals surface area contributed by atoms with Gasteiger partial charge in [0.15, 0.2) is 0 Å². The van der Waals surface area contributed by atoms with Crippen LogP contribution in [0.5, 0.6) is 0 Å². The molecular formula is C32H35N7O. The summed E-state index contributed by atoms with van der Waals surface area (Å²) in [5.41, 5.74) is 10.5. The summed E-state index contributed by atoms with van der Waals surface area (Å²) in [5, 5.41) is 2.15. The van der Waals surface area contributed by atoms with Crippen molar-refractivity contribution in [2.75, 3.05) is 31.9 Å². The van der Waals surface area contributed by atoms with Crippen molar-refractivity contribution < 1.29 is 4.79 Å². The van der Waals surface area contributed by atoms with Crippen molar-refractivity contribution in [3.63, 3.8) is 0 Å². The summed E-state index contributed by atoms with van der Waals surface area (Å²) in [6, 6.07) is 15.1. The minimum atomic E-state index is 0.0526. The van der Waals surface area contributed by atoms with E-state index in [9.17, 15) is 4.79 Å². The maximum atomic E-state index is 11.7. The number of aromatic nitrogens is 4. The number of hydrogen-bond acceptors (Lipinski definition) is 6. The third kappa shape index (κ3) is 4.27. The zero-order valence-electron chi connectivity index (χ0n) is 23.1. The fraction of sp³-hybridized carbons (Fsp3) is 0.375. The smallest absolute Gasteiger partial charge is 0.219 e. The highest BCUT2D eigenvalue weighted by Crippen LogP contribution is 2.42. The average molecular weight is 534 g/mol. The lowest BCUT2D eigenvalue weighted by molar-refractivity contribution is -0.131. The van der Waals surface area contributed by atoms with E-state index in [4.69, 9.17) is 15.7 Å². The molecular weight excluding hydrogens is 498 g/mol. The van der Waals surface area contributed by atoms with Crippen LogP contribution in [0.4, 0.5) is 5.82 Å². The van der Waals surface area contributed by atoms with Gasteiger partial charge in [-0.25, -0.2) is 15.0 Å². The largest absolute Gasteiger partial charge is 0.382 e. The number of anilines is 1. The summed E-state index contributed by atoms with van der Waals surface area (Å²) in [4.78, 5) is 31.0. The van der Waals surface area contributed by atoms with Crippen molar-refractivity contribution in [1.29, 1.82) is 0 Å². The molecule has 1 saturated carbocycles. The number of nitrogens with two attached hydrogens (primary N) is 1. The second-order valence-corrected chi connectivity index (χ2v) is 11.5. The normalized spacial score (nSPS) is 24.6. The first-order valence-electron chi connectivity index (χ1n) is 14.3. The number of imidazole rings is 1. The van der Waals surface area contributed by atoms with E-state index in [1.165, 1.54) is 0 Å². The standard InChI is InChI=1S/C32H35N7O/c1-20-16-23-8-9-27(22-6-4-3-5-7-22)35-28(23)19-26(20)29-30-31(33)34-10-11-39(30)32(36-29)24-17-25(18-24)38-14-12-37(13-15-38)21(2)40/h3-11,16,19-20,24-26H,12-15,17-18H2,1-2H3,(H2,33,34)/t20?,24-,25+,26?. The van der Waals surface area contributed by atoms with Gasteiger partial charge in [-0.05, 0) is 36.1 Å².